The Morgan fingerprint density at radius 1 is 1.67 bits per heavy atom. The van der Waals surface area contributed by atoms with Crippen LogP contribution in [-0.4, -0.2) is 41.5 Å². The maximum Gasteiger partial charge on any atom is 0.221 e. The molecular weight excluding hydrogens is 210 g/mol. The third kappa shape index (κ3) is 4.57. The van der Waals surface area contributed by atoms with Crippen LogP contribution in [0.3, 0.4) is 0 Å². The lowest BCUT2D eigenvalue weighted by Gasteiger charge is -2.23. The Balaban J connectivity index is 2.17. The van der Waals surface area contributed by atoms with E-state index in [2.05, 4.69) is 5.32 Å². The Morgan fingerprint density at radius 2 is 2.27 bits per heavy atom. The summed E-state index contributed by atoms with van der Waals surface area (Å²) in [5.41, 5.74) is 5.52. The van der Waals surface area contributed by atoms with Crippen molar-refractivity contribution in [2.45, 2.75) is 38.3 Å². The molecule has 0 radical (unpaired) electrons. The lowest BCUT2D eigenvalue weighted by Crippen LogP contribution is -2.41. The fourth-order valence-electron chi connectivity index (χ4n) is 1.22. The molecule has 1 rings (SSSR count). The van der Waals surface area contributed by atoms with Crippen LogP contribution in [0.4, 0.5) is 0 Å². The quantitative estimate of drug-likeness (QED) is 0.642. The largest absolute Gasteiger partial charge is 0.392 e. The summed E-state index contributed by atoms with van der Waals surface area (Å²) >= 11 is 4.89. The lowest BCUT2D eigenvalue weighted by molar-refractivity contribution is -0.121. The van der Waals surface area contributed by atoms with Gasteiger partial charge in [0, 0.05) is 19.0 Å². The smallest absolute Gasteiger partial charge is 0.221 e. The van der Waals surface area contributed by atoms with Gasteiger partial charge in [-0.3, -0.25) is 9.69 Å². The Morgan fingerprint density at radius 3 is 2.73 bits per heavy atom. The van der Waals surface area contributed by atoms with Crippen molar-refractivity contribution in [1.82, 2.24) is 10.2 Å². The maximum absolute atomic E-state index is 11.4. The zero-order valence-corrected chi connectivity index (χ0v) is 10.1. The first-order valence-electron chi connectivity index (χ1n) is 5.29. The van der Waals surface area contributed by atoms with E-state index in [0.29, 0.717) is 24.0 Å². The van der Waals surface area contributed by atoms with Crippen LogP contribution in [0.15, 0.2) is 0 Å². The molecule has 1 saturated carbocycles. The van der Waals surface area contributed by atoms with Crippen molar-refractivity contribution in [3.8, 4) is 0 Å². The Bertz CT molecular complexity index is 253. The highest BCUT2D eigenvalue weighted by Crippen LogP contribution is 2.18. The predicted molar refractivity (Wildman–Crippen MR) is 64.7 cm³/mol. The molecule has 0 bridgehead atoms. The number of hydrogen-bond acceptors (Lipinski definition) is 3. The second-order valence-electron chi connectivity index (χ2n) is 4.15. The molecule has 1 unspecified atom stereocenters. The molecule has 3 N–H and O–H groups in total. The molecule has 4 nitrogen and oxygen atoms in total. The van der Waals surface area contributed by atoms with Gasteiger partial charge in [0.05, 0.1) is 11.0 Å². The van der Waals surface area contributed by atoms with Crippen molar-refractivity contribution >= 4 is 23.1 Å². The molecule has 86 valence electrons. The van der Waals surface area contributed by atoms with E-state index in [1.807, 2.05) is 18.9 Å². The monoisotopic (exact) mass is 229 g/mol. The fourth-order valence-corrected chi connectivity index (χ4v) is 1.40. The van der Waals surface area contributed by atoms with E-state index < -0.39 is 0 Å². The molecule has 0 aromatic rings. The molecule has 0 aromatic heterocycles. The molecule has 1 amide bonds. The predicted octanol–water partition coefficient (Wildman–Crippen LogP) is 0.262. The van der Waals surface area contributed by atoms with Crippen LogP contribution in [0.25, 0.3) is 0 Å². The maximum atomic E-state index is 11.4. The molecule has 0 saturated heterocycles. The summed E-state index contributed by atoms with van der Waals surface area (Å²) < 4.78 is 0. The number of nitrogens with zero attached hydrogens (tertiary/aromatic N) is 1. The molecule has 1 fully saturated rings. The minimum absolute atomic E-state index is 0.0497. The number of carbonyl (C=O) groups is 1. The van der Waals surface area contributed by atoms with Crippen LogP contribution >= 0.6 is 12.2 Å². The normalized spacial score (nSPS) is 17.5. The van der Waals surface area contributed by atoms with Gasteiger partial charge in [-0.1, -0.05) is 12.2 Å². The van der Waals surface area contributed by atoms with Crippen molar-refractivity contribution in [3.63, 3.8) is 0 Å². The molecule has 0 heterocycles. The number of likely N-dealkylation sites (N-methyl/N-ethyl adjacent to an activating group) is 1. The molecule has 1 atom stereocenters. The first kappa shape index (κ1) is 12.4. The number of amides is 1. The van der Waals surface area contributed by atoms with Crippen molar-refractivity contribution < 1.29 is 4.79 Å². The zero-order chi connectivity index (χ0) is 11.4. The molecule has 0 aromatic carbocycles. The average Bonchev–Trinajstić information content (AvgIpc) is 2.96. The van der Waals surface area contributed by atoms with Gasteiger partial charge in [-0.05, 0) is 26.8 Å². The van der Waals surface area contributed by atoms with Crippen molar-refractivity contribution in [1.29, 1.82) is 0 Å². The van der Waals surface area contributed by atoms with Crippen LogP contribution in [0.1, 0.15) is 26.2 Å². The first-order chi connectivity index (χ1) is 7.00. The number of thiocarbonyl (C=S) groups is 1. The number of nitrogens with one attached hydrogen (secondary N) is 1. The second kappa shape index (κ2) is 5.42. The van der Waals surface area contributed by atoms with Crippen LogP contribution < -0.4 is 11.1 Å². The number of hydrogen-bond donors (Lipinski definition) is 2. The highest BCUT2D eigenvalue weighted by Gasteiger charge is 2.23. The summed E-state index contributed by atoms with van der Waals surface area (Å²) in [5, 5.41) is 2.95. The SMILES string of the molecule is CC(C(N)=S)N(C)CCC(=O)NC1CC1. The van der Waals surface area contributed by atoms with Crippen molar-refractivity contribution in [2.24, 2.45) is 5.73 Å². The van der Waals surface area contributed by atoms with Gasteiger partial charge >= 0.3 is 0 Å². The van der Waals surface area contributed by atoms with Gasteiger partial charge in [0.2, 0.25) is 5.91 Å². The first-order valence-corrected chi connectivity index (χ1v) is 5.70. The van der Waals surface area contributed by atoms with E-state index in [0.717, 1.165) is 12.8 Å². The lowest BCUT2D eigenvalue weighted by atomic mass is 10.2. The van der Waals surface area contributed by atoms with Crippen molar-refractivity contribution in [2.75, 3.05) is 13.6 Å². The van der Waals surface area contributed by atoms with Crippen LogP contribution in [0, 0.1) is 0 Å². The molecule has 1 aliphatic carbocycles. The molecule has 1 aliphatic rings. The van der Waals surface area contributed by atoms with E-state index in [-0.39, 0.29) is 11.9 Å². The van der Waals surface area contributed by atoms with Gasteiger partial charge in [-0.2, -0.15) is 0 Å². The Hall–Kier alpha value is -0.680. The van der Waals surface area contributed by atoms with Crippen molar-refractivity contribution in [3.05, 3.63) is 0 Å². The van der Waals surface area contributed by atoms with E-state index in [1.165, 1.54) is 0 Å². The number of rotatable bonds is 6. The van der Waals surface area contributed by atoms with Gasteiger partial charge in [-0.15, -0.1) is 0 Å². The summed E-state index contributed by atoms with van der Waals surface area (Å²) in [6.45, 7) is 2.64. The summed E-state index contributed by atoms with van der Waals surface area (Å²) in [6, 6.07) is 0.490. The molecule has 5 heteroatoms. The number of nitrogens with two attached hydrogens (primary N) is 1. The Labute approximate surface area is 96.2 Å². The summed E-state index contributed by atoms with van der Waals surface area (Å²) in [7, 11) is 1.92. The van der Waals surface area contributed by atoms with E-state index >= 15 is 0 Å². The van der Waals surface area contributed by atoms with Gasteiger partial charge in [-0.25, -0.2) is 0 Å². The molecule has 15 heavy (non-hydrogen) atoms. The van der Waals surface area contributed by atoms with Gasteiger partial charge < -0.3 is 11.1 Å². The average molecular weight is 229 g/mol. The second-order valence-corrected chi connectivity index (χ2v) is 4.62. The topological polar surface area (TPSA) is 58.4 Å². The fraction of sp³-hybridized carbons (Fsp3) is 0.800. The molecule has 0 spiro atoms. The van der Waals surface area contributed by atoms with Crippen LogP contribution in [0.5, 0.6) is 0 Å². The summed E-state index contributed by atoms with van der Waals surface area (Å²) in [5.74, 6) is 0.125. The number of carbonyl (C=O) groups excluding carboxylic acids is 1. The van der Waals surface area contributed by atoms with Gasteiger partial charge in [0.1, 0.15) is 0 Å². The summed E-state index contributed by atoms with van der Waals surface area (Å²) in [4.78, 5) is 13.9. The Kier molecular flexibility index (Phi) is 4.47. The standard InChI is InChI=1S/C10H19N3OS/c1-7(10(11)15)13(2)6-5-9(14)12-8-3-4-8/h7-8H,3-6H2,1-2H3,(H2,11,15)(H,12,14). The van der Waals surface area contributed by atoms with Gasteiger partial charge in [0.25, 0.3) is 0 Å². The highest BCUT2D eigenvalue weighted by molar-refractivity contribution is 7.80. The minimum Gasteiger partial charge on any atom is -0.392 e. The van der Waals surface area contributed by atoms with E-state index in [9.17, 15) is 4.79 Å². The van der Waals surface area contributed by atoms with E-state index in [4.69, 9.17) is 18.0 Å². The third-order valence-electron chi connectivity index (χ3n) is 2.71. The summed E-state index contributed by atoms with van der Waals surface area (Å²) in [6.07, 6.45) is 2.77. The van der Waals surface area contributed by atoms with Crippen LogP contribution in [0.2, 0.25) is 0 Å². The van der Waals surface area contributed by atoms with Crippen LogP contribution in [-0.2, 0) is 4.79 Å². The molecular formula is C10H19N3OS. The van der Waals surface area contributed by atoms with E-state index in [1.54, 1.807) is 0 Å². The minimum atomic E-state index is 0.0497. The zero-order valence-electron chi connectivity index (χ0n) is 9.32. The molecule has 0 aliphatic heterocycles. The third-order valence-corrected chi connectivity index (χ3v) is 3.05. The highest BCUT2D eigenvalue weighted by atomic mass is 32.1. The van der Waals surface area contributed by atoms with Gasteiger partial charge in [0.15, 0.2) is 0 Å².